The van der Waals surface area contributed by atoms with Gasteiger partial charge in [0.1, 0.15) is 5.82 Å². The molecule has 0 atom stereocenters. The molecule has 158 valence electrons. The number of halogens is 1. The van der Waals surface area contributed by atoms with Gasteiger partial charge in [0.15, 0.2) is 0 Å². The molecular weight excluding hydrogens is 466 g/mol. The molecule has 1 aliphatic rings. The van der Waals surface area contributed by atoms with Crippen molar-refractivity contribution < 1.29 is 4.79 Å². The summed E-state index contributed by atoms with van der Waals surface area (Å²) in [5.41, 5.74) is 3.84. The molecule has 0 aliphatic carbocycles. The van der Waals surface area contributed by atoms with E-state index in [9.17, 15) is 9.59 Å². The van der Waals surface area contributed by atoms with E-state index in [1.165, 1.54) is 0 Å². The molecular formula is C26H20BrN3O2. The maximum Gasteiger partial charge on any atom is 0.261 e. The summed E-state index contributed by atoms with van der Waals surface area (Å²) in [5.74, 6) is 0.365. The highest BCUT2D eigenvalue weighted by molar-refractivity contribution is 9.10. The average molecular weight is 486 g/mol. The fraction of sp³-hybridized carbons (Fsp3) is 0.115. The monoisotopic (exact) mass is 485 g/mol. The Morgan fingerprint density at radius 2 is 1.72 bits per heavy atom. The summed E-state index contributed by atoms with van der Waals surface area (Å²) in [6.07, 6.45) is 2.43. The van der Waals surface area contributed by atoms with Gasteiger partial charge in [-0.15, -0.1) is 0 Å². The van der Waals surface area contributed by atoms with Crippen LogP contribution in [0.1, 0.15) is 17.0 Å². The minimum atomic E-state index is -0.116. The molecule has 3 aromatic carbocycles. The lowest BCUT2D eigenvalue weighted by molar-refractivity contribution is -0.112. The van der Waals surface area contributed by atoms with E-state index in [0.29, 0.717) is 35.3 Å². The molecule has 0 N–H and O–H groups in total. The number of nitrogens with zero attached hydrogens (tertiary/aromatic N) is 3. The fourth-order valence-electron chi connectivity index (χ4n) is 4.09. The summed E-state index contributed by atoms with van der Waals surface area (Å²) < 4.78 is 2.56. The van der Waals surface area contributed by atoms with Crippen LogP contribution in [0.2, 0.25) is 0 Å². The Labute approximate surface area is 193 Å². The van der Waals surface area contributed by atoms with Crippen LogP contribution in [0.15, 0.2) is 82.1 Å². The first-order valence-electron chi connectivity index (χ1n) is 10.4. The van der Waals surface area contributed by atoms with Crippen LogP contribution in [0, 0.1) is 0 Å². The Morgan fingerprint density at radius 3 is 2.53 bits per heavy atom. The van der Waals surface area contributed by atoms with Gasteiger partial charge in [-0.3, -0.25) is 14.2 Å². The Balaban J connectivity index is 1.67. The third-order valence-corrected chi connectivity index (χ3v) is 6.27. The molecule has 0 radical (unpaired) electrons. The highest BCUT2D eigenvalue weighted by atomic mass is 79.9. The van der Waals surface area contributed by atoms with Crippen LogP contribution in [0.4, 0.5) is 5.69 Å². The Morgan fingerprint density at radius 1 is 0.969 bits per heavy atom. The Kier molecular flexibility index (Phi) is 5.23. The number of amides is 1. The lowest BCUT2D eigenvalue weighted by atomic mass is 10.1. The van der Waals surface area contributed by atoms with Crippen LogP contribution in [0.5, 0.6) is 0 Å². The topological polar surface area (TPSA) is 55.2 Å². The van der Waals surface area contributed by atoms with Crippen molar-refractivity contribution in [1.82, 2.24) is 9.55 Å². The molecule has 1 aromatic heterocycles. The van der Waals surface area contributed by atoms with E-state index in [1.54, 1.807) is 28.7 Å². The number of likely N-dealkylation sites (N-methyl/N-ethyl adjacent to an activating group) is 1. The van der Waals surface area contributed by atoms with Crippen LogP contribution in [0.25, 0.3) is 22.6 Å². The second kappa shape index (κ2) is 8.20. The number of hydrogen-bond donors (Lipinski definition) is 0. The minimum Gasteiger partial charge on any atom is -0.311 e. The summed E-state index contributed by atoms with van der Waals surface area (Å²) in [6, 6.07) is 23.1. The van der Waals surface area contributed by atoms with E-state index in [4.69, 9.17) is 4.98 Å². The maximum atomic E-state index is 13.4. The smallest absolute Gasteiger partial charge is 0.261 e. The summed E-state index contributed by atoms with van der Waals surface area (Å²) in [7, 11) is 1.76. The van der Waals surface area contributed by atoms with E-state index < -0.39 is 0 Å². The number of hydrogen-bond acceptors (Lipinski definition) is 3. The number of carbonyl (C=O) groups is 1. The van der Waals surface area contributed by atoms with Gasteiger partial charge in [-0.05, 0) is 48.4 Å². The molecule has 1 aliphatic heterocycles. The lowest BCUT2D eigenvalue weighted by Crippen LogP contribution is -2.25. The number of aromatic nitrogens is 2. The van der Waals surface area contributed by atoms with Gasteiger partial charge in [-0.25, -0.2) is 4.98 Å². The molecule has 2 heterocycles. The predicted octanol–water partition coefficient (Wildman–Crippen LogP) is 4.92. The Bertz CT molecular complexity index is 1440. The van der Waals surface area contributed by atoms with Gasteiger partial charge in [0.25, 0.3) is 11.5 Å². The van der Waals surface area contributed by atoms with E-state index in [2.05, 4.69) is 15.9 Å². The van der Waals surface area contributed by atoms with Crippen LogP contribution in [-0.4, -0.2) is 22.5 Å². The third kappa shape index (κ3) is 3.56. The van der Waals surface area contributed by atoms with E-state index in [-0.39, 0.29) is 11.5 Å². The van der Waals surface area contributed by atoms with E-state index in [1.807, 2.05) is 66.7 Å². The molecule has 0 unspecified atom stereocenters. The van der Waals surface area contributed by atoms with Gasteiger partial charge >= 0.3 is 0 Å². The molecule has 0 saturated carbocycles. The largest absolute Gasteiger partial charge is 0.311 e. The molecule has 5 nitrogen and oxygen atoms in total. The number of para-hydroxylation sites is 1. The number of fused-ring (bicyclic) bond motifs is 2. The zero-order valence-electron chi connectivity index (χ0n) is 17.5. The van der Waals surface area contributed by atoms with Crippen LogP contribution >= 0.6 is 15.9 Å². The minimum absolute atomic E-state index is 0.105. The molecule has 0 fully saturated rings. The average Bonchev–Trinajstić information content (AvgIpc) is 3.03. The van der Waals surface area contributed by atoms with Gasteiger partial charge in [-0.1, -0.05) is 58.4 Å². The standard InChI is InChI=1S/C26H20BrN3O2/c1-29-23-12-11-18(27)15-20(23)21(25(29)31)16-24-28-22-10-6-5-9-19(22)26(32)30(24)14-13-17-7-3-2-4-8-17/h2-12,15-16H,13-14H2,1H3/b21-16-. The lowest BCUT2D eigenvalue weighted by Gasteiger charge is -2.12. The van der Waals surface area contributed by atoms with E-state index >= 15 is 0 Å². The normalized spacial score (nSPS) is 14.4. The van der Waals surface area contributed by atoms with Gasteiger partial charge in [-0.2, -0.15) is 0 Å². The van der Waals surface area contributed by atoms with Crippen molar-refractivity contribution in [3.63, 3.8) is 0 Å². The molecule has 6 heteroatoms. The quantitative estimate of drug-likeness (QED) is 0.385. The summed E-state index contributed by atoms with van der Waals surface area (Å²) in [6.45, 7) is 0.467. The van der Waals surface area contributed by atoms with Crippen LogP contribution in [0.3, 0.4) is 0 Å². The van der Waals surface area contributed by atoms with Crippen molar-refractivity contribution >= 4 is 50.1 Å². The molecule has 0 bridgehead atoms. The summed E-state index contributed by atoms with van der Waals surface area (Å²) in [5, 5.41) is 0.570. The van der Waals surface area contributed by atoms with Crippen molar-refractivity contribution in [1.29, 1.82) is 0 Å². The van der Waals surface area contributed by atoms with Crippen LogP contribution in [-0.2, 0) is 17.8 Å². The van der Waals surface area contributed by atoms with Crippen molar-refractivity contribution in [3.8, 4) is 0 Å². The second-order valence-corrected chi connectivity index (χ2v) is 8.68. The van der Waals surface area contributed by atoms with Gasteiger partial charge in [0, 0.05) is 23.6 Å². The van der Waals surface area contributed by atoms with Crippen molar-refractivity contribution in [3.05, 3.63) is 105 Å². The van der Waals surface area contributed by atoms with Gasteiger partial charge in [0.05, 0.1) is 22.2 Å². The number of rotatable bonds is 4. The second-order valence-electron chi connectivity index (χ2n) is 7.76. The fourth-order valence-corrected chi connectivity index (χ4v) is 4.45. The highest BCUT2D eigenvalue weighted by Crippen LogP contribution is 2.38. The van der Waals surface area contributed by atoms with Crippen LogP contribution < -0.4 is 10.5 Å². The summed E-state index contributed by atoms with van der Waals surface area (Å²) in [4.78, 5) is 32.8. The van der Waals surface area contributed by atoms with Gasteiger partial charge < -0.3 is 4.90 Å². The van der Waals surface area contributed by atoms with Gasteiger partial charge in [0.2, 0.25) is 0 Å². The maximum absolute atomic E-state index is 13.4. The third-order valence-electron chi connectivity index (χ3n) is 5.78. The van der Waals surface area contributed by atoms with E-state index in [0.717, 1.165) is 21.3 Å². The van der Waals surface area contributed by atoms with Crippen molar-refractivity contribution in [2.75, 3.05) is 11.9 Å². The first-order chi connectivity index (χ1) is 15.5. The zero-order valence-corrected chi connectivity index (χ0v) is 19.0. The number of aryl methyl sites for hydroxylation is 1. The number of anilines is 1. The van der Waals surface area contributed by atoms with Crippen molar-refractivity contribution in [2.24, 2.45) is 0 Å². The molecule has 32 heavy (non-hydrogen) atoms. The predicted molar refractivity (Wildman–Crippen MR) is 132 cm³/mol. The molecule has 0 spiro atoms. The highest BCUT2D eigenvalue weighted by Gasteiger charge is 2.30. The SMILES string of the molecule is CN1C(=O)/C(=C\c2nc3ccccc3c(=O)n2CCc2ccccc2)c2cc(Br)ccc21. The first kappa shape index (κ1) is 20.4. The number of benzene rings is 3. The summed E-state index contributed by atoms with van der Waals surface area (Å²) >= 11 is 3.50. The molecule has 0 saturated heterocycles. The zero-order chi connectivity index (χ0) is 22.2. The Hall–Kier alpha value is -3.51. The number of carbonyl (C=O) groups excluding carboxylic acids is 1. The molecule has 5 rings (SSSR count). The van der Waals surface area contributed by atoms with Crippen molar-refractivity contribution in [2.45, 2.75) is 13.0 Å². The first-order valence-corrected chi connectivity index (χ1v) is 11.2. The molecule has 1 amide bonds. The molecule has 4 aromatic rings.